The number of aromatic nitrogens is 4. The minimum absolute atomic E-state index is 0.204. The van der Waals surface area contributed by atoms with Gasteiger partial charge in [-0.15, -0.1) is 10.2 Å². The fourth-order valence-corrected chi connectivity index (χ4v) is 5.59. The zero-order valence-corrected chi connectivity index (χ0v) is 19.8. The molecule has 1 aliphatic rings. The van der Waals surface area contributed by atoms with E-state index in [9.17, 15) is 8.42 Å². The second-order valence-electron chi connectivity index (χ2n) is 8.51. The quantitative estimate of drug-likeness (QED) is 0.457. The predicted molar refractivity (Wildman–Crippen MR) is 124 cm³/mol. The van der Waals surface area contributed by atoms with E-state index in [0.717, 1.165) is 33.5 Å². The Morgan fingerprint density at radius 1 is 0.939 bits per heavy atom. The van der Waals surface area contributed by atoms with Crippen LogP contribution in [0.5, 0.6) is 0 Å². The first kappa shape index (κ1) is 21.5. The van der Waals surface area contributed by atoms with Crippen LogP contribution in [0.15, 0.2) is 51.8 Å². The first-order chi connectivity index (χ1) is 15.7. The molecule has 0 bridgehead atoms. The topological polar surface area (TPSA) is 94.1 Å². The molecule has 0 spiro atoms. The van der Waals surface area contributed by atoms with Crippen molar-refractivity contribution in [1.82, 2.24) is 24.3 Å². The lowest BCUT2D eigenvalue weighted by Crippen LogP contribution is -2.36. The molecule has 2 aromatic carbocycles. The SMILES string of the molecule is Cc1ccc(-c2nnc(-c3nn(C)c4c3CN(S(=O)(=O)c3ccc(C)c(C)c3)CC4)o2)cc1. The molecule has 8 nitrogen and oxygen atoms in total. The molecule has 4 aromatic rings. The molecule has 3 heterocycles. The van der Waals surface area contributed by atoms with Gasteiger partial charge < -0.3 is 4.42 Å². The molecule has 0 fully saturated rings. The van der Waals surface area contributed by atoms with E-state index in [-0.39, 0.29) is 12.4 Å². The molecule has 0 amide bonds. The molecule has 5 rings (SSSR count). The van der Waals surface area contributed by atoms with Crippen LogP contribution < -0.4 is 0 Å². The summed E-state index contributed by atoms with van der Waals surface area (Å²) < 4.78 is 36.0. The van der Waals surface area contributed by atoms with Gasteiger partial charge in [0.15, 0.2) is 5.69 Å². The Morgan fingerprint density at radius 3 is 2.39 bits per heavy atom. The van der Waals surface area contributed by atoms with Gasteiger partial charge in [0, 0.05) is 43.4 Å². The second-order valence-corrected chi connectivity index (χ2v) is 10.4. The van der Waals surface area contributed by atoms with E-state index in [1.54, 1.807) is 16.8 Å². The van der Waals surface area contributed by atoms with E-state index in [0.29, 0.717) is 29.4 Å². The Morgan fingerprint density at radius 2 is 1.67 bits per heavy atom. The van der Waals surface area contributed by atoms with Gasteiger partial charge in [0.25, 0.3) is 5.89 Å². The number of hydrogen-bond donors (Lipinski definition) is 0. The summed E-state index contributed by atoms with van der Waals surface area (Å²) in [5.41, 5.74) is 6.28. The zero-order valence-electron chi connectivity index (χ0n) is 19.0. The van der Waals surface area contributed by atoms with Crippen LogP contribution in [0.25, 0.3) is 23.0 Å². The maximum atomic E-state index is 13.4. The molecular weight excluding hydrogens is 438 g/mol. The van der Waals surface area contributed by atoms with Crippen molar-refractivity contribution in [3.8, 4) is 23.0 Å². The number of sulfonamides is 1. The van der Waals surface area contributed by atoms with Gasteiger partial charge in [-0.1, -0.05) is 23.8 Å². The minimum Gasteiger partial charge on any atom is -0.415 e. The van der Waals surface area contributed by atoms with Crippen molar-refractivity contribution in [2.45, 2.75) is 38.6 Å². The number of benzene rings is 2. The maximum absolute atomic E-state index is 13.4. The number of aryl methyl sites for hydroxylation is 4. The molecule has 1 aliphatic heterocycles. The van der Waals surface area contributed by atoms with Crippen LogP contribution in [0.4, 0.5) is 0 Å². The monoisotopic (exact) mass is 463 g/mol. The van der Waals surface area contributed by atoms with E-state index >= 15 is 0 Å². The van der Waals surface area contributed by atoms with Crippen molar-refractivity contribution in [3.63, 3.8) is 0 Å². The van der Waals surface area contributed by atoms with Gasteiger partial charge in [-0.2, -0.15) is 9.40 Å². The van der Waals surface area contributed by atoms with E-state index < -0.39 is 10.0 Å². The molecule has 0 unspecified atom stereocenters. The summed E-state index contributed by atoms with van der Waals surface area (Å²) in [5.74, 6) is 0.688. The fourth-order valence-electron chi connectivity index (χ4n) is 4.10. The number of fused-ring (bicyclic) bond motifs is 1. The van der Waals surface area contributed by atoms with Gasteiger partial charge in [-0.25, -0.2) is 8.42 Å². The third-order valence-electron chi connectivity index (χ3n) is 6.25. The third-order valence-corrected chi connectivity index (χ3v) is 8.09. The van der Waals surface area contributed by atoms with Crippen LogP contribution >= 0.6 is 0 Å². The molecule has 0 saturated heterocycles. The largest absolute Gasteiger partial charge is 0.415 e. The van der Waals surface area contributed by atoms with Crippen LogP contribution in [0.2, 0.25) is 0 Å². The van der Waals surface area contributed by atoms with Gasteiger partial charge in [0.05, 0.1) is 4.90 Å². The van der Waals surface area contributed by atoms with E-state index in [1.165, 1.54) is 4.31 Å². The normalized spacial score (nSPS) is 14.4. The molecule has 2 aromatic heterocycles. The smallest absolute Gasteiger partial charge is 0.268 e. The van der Waals surface area contributed by atoms with Gasteiger partial charge >= 0.3 is 0 Å². The summed E-state index contributed by atoms with van der Waals surface area (Å²) in [7, 11) is -1.79. The van der Waals surface area contributed by atoms with Crippen LogP contribution in [0, 0.1) is 20.8 Å². The molecule has 0 radical (unpaired) electrons. The van der Waals surface area contributed by atoms with E-state index in [2.05, 4.69) is 15.3 Å². The van der Waals surface area contributed by atoms with Crippen molar-refractivity contribution >= 4 is 10.0 Å². The molecule has 0 aliphatic carbocycles. The van der Waals surface area contributed by atoms with Crippen LogP contribution in [0.1, 0.15) is 27.9 Å². The molecular formula is C24H25N5O3S. The summed E-state index contributed by atoms with van der Waals surface area (Å²) in [6.45, 7) is 6.50. The highest BCUT2D eigenvalue weighted by Crippen LogP contribution is 2.33. The second kappa shape index (κ2) is 7.93. The lowest BCUT2D eigenvalue weighted by atomic mass is 10.1. The van der Waals surface area contributed by atoms with Crippen LogP contribution in [0.3, 0.4) is 0 Å². The zero-order chi connectivity index (χ0) is 23.3. The van der Waals surface area contributed by atoms with Crippen LogP contribution in [-0.2, 0) is 30.0 Å². The highest BCUT2D eigenvalue weighted by Gasteiger charge is 2.33. The molecule has 9 heteroatoms. The summed E-state index contributed by atoms with van der Waals surface area (Å²) >= 11 is 0. The first-order valence-corrected chi connectivity index (χ1v) is 12.2. The average molecular weight is 464 g/mol. The molecule has 0 N–H and O–H groups in total. The molecule has 170 valence electrons. The molecule has 0 saturated carbocycles. The number of hydrogen-bond acceptors (Lipinski definition) is 6. The number of rotatable bonds is 4. The fraction of sp³-hybridized carbons (Fsp3) is 0.292. The minimum atomic E-state index is -3.65. The van der Waals surface area contributed by atoms with Gasteiger partial charge in [0.2, 0.25) is 15.9 Å². The Hall–Kier alpha value is -3.30. The van der Waals surface area contributed by atoms with E-state index in [4.69, 9.17) is 4.42 Å². The predicted octanol–water partition coefficient (Wildman–Crippen LogP) is 3.81. The van der Waals surface area contributed by atoms with Crippen LogP contribution in [-0.4, -0.2) is 39.2 Å². The van der Waals surface area contributed by atoms with Crippen molar-refractivity contribution in [2.24, 2.45) is 7.05 Å². The van der Waals surface area contributed by atoms with Gasteiger partial charge in [-0.3, -0.25) is 4.68 Å². The highest BCUT2D eigenvalue weighted by molar-refractivity contribution is 7.89. The van der Waals surface area contributed by atoms with E-state index in [1.807, 2.05) is 58.2 Å². The summed E-state index contributed by atoms with van der Waals surface area (Å²) in [4.78, 5) is 0.305. The van der Waals surface area contributed by atoms with Crippen molar-refractivity contribution in [1.29, 1.82) is 0 Å². The molecule has 33 heavy (non-hydrogen) atoms. The van der Waals surface area contributed by atoms with Gasteiger partial charge in [-0.05, 0) is 56.2 Å². The maximum Gasteiger partial charge on any atom is 0.268 e. The third kappa shape index (κ3) is 3.77. The standard InChI is InChI=1S/C24H25N5O3S/c1-15-5-8-18(9-6-15)23-25-26-24(32-23)22-20-14-29(12-11-21(20)28(4)27-22)33(30,31)19-10-7-16(2)17(3)13-19/h5-10,13H,11-12,14H2,1-4H3. The molecule has 0 atom stereocenters. The first-order valence-electron chi connectivity index (χ1n) is 10.8. The van der Waals surface area contributed by atoms with Crippen molar-refractivity contribution in [3.05, 3.63) is 70.4 Å². The Bertz CT molecular complexity index is 1450. The van der Waals surface area contributed by atoms with Crippen molar-refractivity contribution < 1.29 is 12.8 Å². The lowest BCUT2D eigenvalue weighted by Gasteiger charge is -2.27. The highest BCUT2D eigenvalue weighted by atomic mass is 32.2. The Labute approximate surface area is 192 Å². The number of nitrogens with zero attached hydrogens (tertiary/aromatic N) is 5. The Balaban J connectivity index is 1.49. The lowest BCUT2D eigenvalue weighted by molar-refractivity contribution is 0.386. The summed E-state index contributed by atoms with van der Waals surface area (Å²) in [6, 6.07) is 13.1. The van der Waals surface area contributed by atoms with Crippen molar-refractivity contribution in [2.75, 3.05) is 6.54 Å². The average Bonchev–Trinajstić information content (AvgIpc) is 3.41. The Kier molecular flexibility index (Phi) is 5.18. The summed E-state index contributed by atoms with van der Waals surface area (Å²) in [6.07, 6.45) is 0.557. The van der Waals surface area contributed by atoms with Gasteiger partial charge in [0.1, 0.15) is 0 Å². The summed E-state index contributed by atoms with van der Waals surface area (Å²) in [5, 5.41) is 13.0.